The monoisotopic (exact) mass is 297 g/mol. The van der Waals surface area contributed by atoms with Gasteiger partial charge in [-0.3, -0.25) is 9.59 Å². The second-order valence-corrected chi connectivity index (χ2v) is 6.09. The number of carbonyl (C=O) groups excluding carboxylic acids is 2. The van der Waals surface area contributed by atoms with Crippen LogP contribution in [0, 0.1) is 0 Å². The molecule has 3 nitrogen and oxygen atoms in total. The van der Waals surface area contributed by atoms with Crippen molar-refractivity contribution in [3.8, 4) is 0 Å². The Morgan fingerprint density at radius 3 is 1.52 bits per heavy atom. The Hall–Kier alpha value is -0.860. The number of nitrogens with zero attached hydrogens (tertiary/aromatic N) is 1. The SMILES string of the molecule is CCCCCCCN(CCCCCCC)C(=O)CC(C)=O. The van der Waals surface area contributed by atoms with Gasteiger partial charge in [0.25, 0.3) is 0 Å². The predicted molar refractivity (Wildman–Crippen MR) is 89.4 cm³/mol. The third-order valence-corrected chi connectivity index (χ3v) is 3.82. The van der Waals surface area contributed by atoms with Gasteiger partial charge in [-0.2, -0.15) is 0 Å². The Labute approximate surface area is 131 Å². The van der Waals surface area contributed by atoms with Crippen LogP contribution in [0.3, 0.4) is 0 Å². The molecule has 0 aromatic carbocycles. The highest BCUT2D eigenvalue weighted by Crippen LogP contribution is 2.08. The van der Waals surface area contributed by atoms with Crippen LogP contribution in [-0.2, 0) is 9.59 Å². The van der Waals surface area contributed by atoms with Crippen LogP contribution in [0.4, 0.5) is 0 Å². The fourth-order valence-corrected chi connectivity index (χ4v) is 2.50. The van der Waals surface area contributed by atoms with E-state index in [1.807, 2.05) is 4.90 Å². The van der Waals surface area contributed by atoms with Gasteiger partial charge in [0.05, 0.1) is 6.42 Å². The largest absolute Gasteiger partial charge is 0.342 e. The minimum atomic E-state index is -0.0260. The minimum Gasteiger partial charge on any atom is -0.342 e. The lowest BCUT2D eigenvalue weighted by atomic mass is 10.1. The number of hydrogen-bond acceptors (Lipinski definition) is 2. The van der Waals surface area contributed by atoms with Crippen LogP contribution >= 0.6 is 0 Å². The van der Waals surface area contributed by atoms with Crippen LogP contribution in [0.2, 0.25) is 0 Å². The second kappa shape index (κ2) is 14.1. The van der Waals surface area contributed by atoms with E-state index in [2.05, 4.69) is 13.8 Å². The number of ketones is 1. The van der Waals surface area contributed by atoms with Gasteiger partial charge >= 0.3 is 0 Å². The van der Waals surface area contributed by atoms with E-state index in [9.17, 15) is 9.59 Å². The molecule has 21 heavy (non-hydrogen) atoms. The van der Waals surface area contributed by atoms with Crippen LogP contribution in [0.1, 0.15) is 91.4 Å². The van der Waals surface area contributed by atoms with E-state index in [0.29, 0.717) is 0 Å². The highest BCUT2D eigenvalue weighted by molar-refractivity contribution is 5.96. The van der Waals surface area contributed by atoms with Crippen molar-refractivity contribution >= 4 is 11.7 Å². The van der Waals surface area contributed by atoms with E-state index in [1.54, 1.807) is 0 Å². The predicted octanol–water partition coefficient (Wildman–Crippen LogP) is 4.73. The number of Topliss-reactive ketones (excluding diaryl/α,β-unsaturated/α-hetero) is 1. The Bertz CT molecular complexity index is 262. The molecular weight excluding hydrogens is 262 g/mol. The van der Waals surface area contributed by atoms with Gasteiger partial charge in [0.15, 0.2) is 0 Å². The number of rotatable bonds is 14. The van der Waals surface area contributed by atoms with Crippen molar-refractivity contribution in [2.75, 3.05) is 13.1 Å². The summed E-state index contributed by atoms with van der Waals surface area (Å²) in [7, 11) is 0. The first-order valence-corrected chi connectivity index (χ1v) is 8.89. The van der Waals surface area contributed by atoms with Crippen LogP contribution in [0.25, 0.3) is 0 Å². The molecule has 1 amide bonds. The van der Waals surface area contributed by atoms with Crippen molar-refractivity contribution < 1.29 is 9.59 Å². The normalized spacial score (nSPS) is 10.6. The molecule has 0 radical (unpaired) electrons. The molecule has 0 spiro atoms. The lowest BCUT2D eigenvalue weighted by molar-refractivity contribution is -0.135. The molecule has 0 aliphatic rings. The fraction of sp³-hybridized carbons (Fsp3) is 0.889. The maximum Gasteiger partial charge on any atom is 0.230 e. The summed E-state index contributed by atoms with van der Waals surface area (Å²) >= 11 is 0. The molecular formula is C18H35NO2. The Balaban J connectivity index is 4.02. The average Bonchev–Trinajstić information content (AvgIpc) is 2.43. The Morgan fingerprint density at radius 2 is 1.14 bits per heavy atom. The molecule has 0 rings (SSSR count). The third-order valence-electron chi connectivity index (χ3n) is 3.82. The molecule has 0 bridgehead atoms. The van der Waals surface area contributed by atoms with Crippen LogP contribution in [-0.4, -0.2) is 29.7 Å². The second-order valence-electron chi connectivity index (χ2n) is 6.09. The zero-order valence-corrected chi connectivity index (χ0v) is 14.5. The molecule has 0 saturated carbocycles. The molecule has 0 aliphatic carbocycles. The summed E-state index contributed by atoms with van der Waals surface area (Å²) in [6.45, 7) is 7.56. The smallest absolute Gasteiger partial charge is 0.230 e. The van der Waals surface area contributed by atoms with Gasteiger partial charge in [-0.15, -0.1) is 0 Å². The molecule has 0 N–H and O–H groups in total. The van der Waals surface area contributed by atoms with Crippen molar-refractivity contribution in [2.24, 2.45) is 0 Å². The Kier molecular flexibility index (Phi) is 13.5. The van der Waals surface area contributed by atoms with Crippen molar-refractivity contribution in [1.29, 1.82) is 0 Å². The summed E-state index contributed by atoms with van der Waals surface area (Å²) in [6.07, 6.45) is 12.1. The van der Waals surface area contributed by atoms with E-state index in [4.69, 9.17) is 0 Å². The topological polar surface area (TPSA) is 37.4 Å². The molecule has 0 saturated heterocycles. The lowest BCUT2D eigenvalue weighted by Crippen LogP contribution is -2.34. The van der Waals surface area contributed by atoms with Gasteiger partial charge in [0.1, 0.15) is 5.78 Å². The van der Waals surface area contributed by atoms with Gasteiger partial charge in [-0.25, -0.2) is 0 Å². The molecule has 3 heteroatoms. The van der Waals surface area contributed by atoms with E-state index < -0.39 is 0 Å². The summed E-state index contributed by atoms with van der Waals surface area (Å²) in [5, 5.41) is 0. The number of amides is 1. The maximum absolute atomic E-state index is 12.1. The summed E-state index contributed by atoms with van der Waals surface area (Å²) in [5.74, 6) is -0.00421. The lowest BCUT2D eigenvalue weighted by Gasteiger charge is -2.22. The van der Waals surface area contributed by atoms with Crippen molar-refractivity contribution in [1.82, 2.24) is 4.90 Å². The first kappa shape index (κ1) is 20.1. The molecule has 0 heterocycles. The van der Waals surface area contributed by atoms with Gasteiger partial charge < -0.3 is 4.90 Å². The summed E-state index contributed by atoms with van der Waals surface area (Å²) in [5.41, 5.74) is 0. The highest BCUT2D eigenvalue weighted by atomic mass is 16.2. The zero-order chi connectivity index (χ0) is 15.9. The van der Waals surface area contributed by atoms with Crippen LogP contribution < -0.4 is 0 Å². The van der Waals surface area contributed by atoms with E-state index in [0.717, 1.165) is 25.9 Å². The van der Waals surface area contributed by atoms with Crippen molar-refractivity contribution in [3.05, 3.63) is 0 Å². The minimum absolute atomic E-state index is 0.0217. The third kappa shape index (κ3) is 12.6. The van der Waals surface area contributed by atoms with Gasteiger partial charge in [0.2, 0.25) is 5.91 Å². The molecule has 0 unspecified atom stereocenters. The number of hydrogen-bond donors (Lipinski definition) is 0. The summed E-state index contributed by atoms with van der Waals surface area (Å²) in [4.78, 5) is 25.2. The number of unbranched alkanes of at least 4 members (excludes halogenated alkanes) is 8. The summed E-state index contributed by atoms with van der Waals surface area (Å²) < 4.78 is 0. The molecule has 0 atom stereocenters. The van der Waals surface area contributed by atoms with E-state index in [1.165, 1.54) is 58.3 Å². The molecule has 0 fully saturated rings. The van der Waals surface area contributed by atoms with Crippen LogP contribution in [0.15, 0.2) is 0 Å². The first-order chi connectivity index (χ1) is 10.1. The fourth-order valence-electron chi connectivity index (χ4n) is 2.50. The van der Waals surface area contributed by atoms with Gasteiger partial charge in [-0.1, -0.05) is 65.2 Å². The first-order valence-electron chi connectivity index (χ1n) is 8.89. The molecule has 0 aromatic rings. The van der Waals surface area contributed by atoms with E-state index >= 15 is 0 Å². The maximum atomic E-state index is 12.1. The molecule has 0 aromatic heterocycles. The van der Waals surface area contributed by atoms with Crippen LogP contribution in [0.5, 0.6) is 0 Å². The Morgan fingerprint density at radius 1 is 0.714 bits per heavy atom. The highest BCUT2D eigenvalue weighted by Gasteiger charge is 2.14. The van der Waals surface area contributed by atoms with Crippen molar-refractivity contribution in [2.45, 2.75) is 91.4 Å². The quantitative estimate of drug-likeness (QED) is 0.343. The van der Waals surface area contributed by atoms with Gasteiger partial charge in [0, 0.05) is 13.1 Å². The molecule has 0 aliphatic heterocycles. The standard InChI is InChI=1S/C18H35NO2/c1-4-6-8-10-12-14-19(18(21)16-17(3)20)15-13-11-9-7-5-2/h4-16H2,1-3H3. The number of carbonyl (C=O) groups is 2. The average molecular weight is 297 g/mol. The zero-order valence-electron chi connectivity index (χ0n) is 14.5. The van der Waals surface area contributed by atoms with Gasteiger partial charge in [-0.05, 0) is 19.8 Å². The molecule has 124 valence electrons. The summed E-state index contributed by atoms with van der Waals surface area (Å²) in [6, 6.07) is 0. The van der Waals surface area contributed by atoms with Crippen molar-refractivity contribution in [3.63, 3.8) is 0 Å². The van der Waals surface area contributed by atoms with E-state index in [-0.39, 0.29) is 18.1 Å².